The van der Waals surface area contributed by atoms with Crippen LogP contribution in [-0.4, -0.2) is 10.7 Å². The number of fused-ring (bicyclic) bond motifs is 10. The van der Waals surface area contributed by atoms with Gasteiger partial charge in [0.05, 0.1) is 15.7 Å². The minimum absolute atomic E-state index is 0.0474. The standard InChI is InChI=1S/C46H39N3S/c1-29(2)43(48-46(34-18-8-7-15-30(34)3)47-32-16-5-4-6-17-32)31-25-27-33(28-26-31)49-39-23-13-11-21-37(39)41-35-19-9-10-20-36(35)42-38-22-12-14-24-40(38)50-45(42)44(41)49/h4-14,16-28,30,46-48H,15H2,1-3H3. The second kappa shape index (κ2) is 12.4. The molecule has 0 radical (unpaired) electrons. The Balaban J connectivity index is 1.20. The number of anilines is 1. The summed E-state index contributed by atoms with van der Waals surface area (Å²) in [6.07, 6.45) is 7.72. The maximum atomic E-state index is 3.95. The molecule has 0 amide bonds. The summed E-state index contributed by atoms with van der Waals surface area (Å²) in [5, 5.41) is 15.7. The van der Waals surface area contributed by atoms with E-state index in [1.165, 1.54) is 69.5 Å². The molecule has 1 aliphatic carbocycles. The molecular weight excluding hydrogens is 627 g/mol. The molecule has 0 fully saturated rings. The van der Waals surface area contributed by atoms with E-state index in [1.54, 1.807) is 0 Å². The first kappa shape index (κ1) is 30.5. The predicted molar refractivity (Wildman–Crippen MR) is 217 cm³/mol. The molecule has 2 N–H and O–H groups in total. The number of nitrogens with zero attached hydrogens (tertiary/aromatic N) is 1. The lowest BCUT2D eigenvalue weighted by molar-refractivity contribution is 0.595. The Morgan fingerprint density at radius 1 is 0.720 bits per heavy atom. The SMILES string of the molecule is CC(C)=C(NC(Nc1ccccc1)C1=CC=CCC1C)c1ccc(-n2c3ccccc3c3c4ccccc4c4c5ccccc5sc4c32)cc1. The van der Waals surface area contributed by atoms with Gasteiger partial charge in [-0.3, -0.25) is 0 Å². The third-order valence-corrected chi connectivity index (χ3v) is 11.4. The molecule has 0 saturated carbocycles. The van der Waals surface area contributed by atoms with Crippen molar-refractivity contribution in [1.82, 2.24) is 9.88 Å². The highest BCUT2D eigenvalue weighted by atomic mass is 32.1. The fourth-order valence-corrected chi connectivity index (χ4v) is 9.14. The third-order valence-electron chi connectivity index (χ3n) is 10.3. The Labute approximate surface area is 296 Å². The molecule has 0 spiro atoms. The maximum Gasteiger partial charge on any atom is 0.119 e. The molecule has 4 heteroatoms. The number of benzene rings is 6. The first-order valence-electron chi connectivity index (χ1n) is 17.5. The number of thiophene rings is 1. The van der Waals surface area contributed by atoms with Crippen molar-refractivity contribution in [1.29, 1.82) is 0 Å². The normalized spacial score (nSPS) is 15.2. The minimum atomic E-state index is -0.0474. The van der Waals surface area contributed by atoms with Gasteiger partial charge < -0.3 is 15.2 Å². The first-order chi connectivity index (χ1) is 24.6. The second-order valence-electron chi connectivity index (χ2n) is 13.7. The fourth-order valence-electron chi connectivity index (χ4n) is 7.88. The lowest BCUT2D eigenvalue weighted by atomic mass is 9.90. The average Bonchev–Trinajstić information content (AvgIpc) is 3.71. The largest absolute Gasteiger partial charge is 0.362 e. The fraction of sp³-hybridized carbons (Fsp3) is 0.130. The van der Waals surface area contributed by atoms with E-state index in [9.17, 15) is 0 Å². The molecule has 2 aromatic heterocycles. The summed E-state index contributed by atoms with van der Waals surface area (Å²) in [7, 11) is 0. The number of hydrogen-bond donors (Lipinski definition) is 2. The van der Waals surface area contributed by atoms with Crippen molar-refractivity contribution in [3.05, 3.63) is 162 Å². The third kappa shape index (κ3) is 5.02. The molecule has 2 atom stereocenters. The molecule has 0 aliphatic heterocycles. The summed E-state index contributed by atoms with van der Waals surface area (Å²) in [5.74, 6) is 0.437. The average molecular weight is 666 g/mol. The van der Waals surface area contributed by atoms with Gasteiger partial charge in [0.2, 0.25) is 0 Å². The van der Waals surface area contributed by atoms with Crippen molar-refractivity contribution in [3.63, 3.8) is 0 Å². The summed E-state index contributed by atoms with van der Waals surface area (Å²) in [4.78, 5) is 0. The molecule has 3 nitrogen and oxygen atoms in total. The first-order valence-corrected chi connectivity index (χ1v) is 18.4. The van der Waals surface area contributed by atoms with Crippen molar-refractivity contribution in [3.8, 4) is 5.69 Å². The molecule has 9 rings (SSSR count). The van der Waals surface area contributed by atoms with Gasteiger partial charge in [0.25, 0.3) is 0 Å². The van der Waals surface area contributed by atoms with Gasteiger partial charge in [-0.25, -0.2) is 0 Å². The van der Waals surface area contributed by atoms with E-state index in [0.717, 1.165) is 23.5 Å². The molecular formula is C46H39N3S. The van der Waals surface area contributed by atoms with Crippen molar-refractivity contribution in [2.45, 2.75) is 33.4 Å². The van der Waals surface area contributed by atoms with Gasteiger partial charge in [-0.15, -0.1) is 11.3 Å². The molecule has 50 heavy (non-hydrogen) atoms. The van der Waals surface area contributed by atoms with E-state index in [-0.39, 0.29) is 6.17 Å². The van der Waals surface area contributed by atoms with Crippen LogP contribution in [0.2, 0.25) is 0 Å². The van der Waals surface area contributed by atoms with Crippen LogP contribution in [0.4, 0.5) is 5.69 Å². The van der Waals surface area contributed by atoms with Crippen molar-refractivity contribution in [2.24, 2.45) is 5.92 Å². The van der Waals surface area contributed by atoms with Gasteiger partial charge in [0, 0.05) is 43.3 Å². The van der Waals surface area contributed by atoms with Crippen LogP contribution in [0.1, 0.15) is 32.8 Å². The summed E-state index contributed by atoms with van der Waals surface area (Å²) in [6.45, 7) is 6.71. The van der Waals surface area contributed by atoms with Crippen molar-refractivity contribution < 1.29 is 0 Å². The zero-order chi connectivity index (χ0) is 33.8. The molecule has 1 aliphatic rings. The zero-order valence-electron chi connectivity index (χ0n) is 28.6. The smallest absolute Gasteiger partial charge is 0.119 e. The van der Waals surface area contributed by atoms with Crippen LogP contribution in [0.5, 0.6) is 0 Å². The molecule has 2 heterocycles. The highest BCUT2D eigenvalue weighted by Gasteiger charge is 2.24. The Bertz CT molecular complexity index is 2650. The van der Waals surface area contributed by atoms with Crippen LogP contribution < -0.4 is 10.6 Å². The number of rotatable bonds is 7. The number of aromatic nitrogens is 1. The number of hydrogen-bond acceptors (Lipinski definition) is 3. The Morgan fingerprint density at radius 3 is 2.12 bits per heavy atom. The van der Waals surface area contributed by atoms with Crippen LogP contribution >= 0.6 is 11.3 Å². The summed E-state index contributed by atoms with van der Waals surface area (Å²) in [5.41, 5.74) is 9.69. The Hall–Kier alpha value is -5.58. The minimum Gasteiger partial charge on any atom is -0.362 e. The van der Waals surface area contributed by atoms with E-state index in [0.29, 0.717) is 5.92 Å². The van der Waals surface area contributed by atoms with Gasteiger partial charge in [0.15, 0.2) is 0 Å². The molecule has 0 saturated heterocycles. The van der Waals surface area contributed by atoms with E-state index in [4.69, 9.17) is 0 Å². The van der Waals surface area contributed by atoms with E-state index < -0.39 is 0 Å². The Morgan fingerprint density at radius 2 is 1.38 bits per heavy atom. The number of allylic oxidation sites excluding steroid dienone is 4. The van der Waals surface area contributed by atoms with E-state index in [1.807, 2.05) is 11.3 Å². The molecule has 0 bridgehead atoms. The maximum absolute atomic E-state index is 3.95. The van der Waals surface area contributed by atoms with Crippen LogP contribution in [0.15, 0.2) is 157 Å². The Kier molecular flexibility index (Phi) is 7.55. The topological polar surface area (TPSA) is 29.0 Å². The second-order valence-corrected chi connectivity index (χ2v) is 14.7. The highest BCUT2D eigenvalue weighted by Crippen LogP contribution is 2.47. The number of para-hydroxylation sites is 2. The van der Waals surface area contributed by atoms with E-state index >= 15 is 0 Å². The lowest BCUT2D eigenvalue weighted by Crippen LogP contribution is -2.39. The zero-order valence-corrected chi connectivity index (χ0v) is 29.4. The van der Waals surface area contributed by atoms with Crippen LogP contribution in [-0.2, 0) is 0 Å². The quantitative estimate of drug-likeness (QED) is 0.166. The van der Waals surface area contributed by atoms with Crippen molar-refractivity contribution in [2.75, 3.05) is 5.32 Å². The molecule has 2 unspecified atom stereocenters. The molecule has 244 valence electrons. The number of nitrogens with one attached hydrogen (secondary N) is 2. The highest BCUT2D eigenvalue weighted by molar-refractivity contribution is 7.27. The van der Waals surface area contributed by atoms with Gasteiger partial charge in [-0.05, 0) is 84.5 Å². The summed E-state index contributed by atoms with van der Waals surface area (Å²) < 4.78 is 5.16. The van der Waals surface area contributed by atoms with Gasteiger partial charge >= 0.3 is 0 Å². The molecule has 6 aromatic carbocycles. The van der Waals surface area contributed by atoms with Crippen molar-refractivity contribution >= 4 is 75.5 Å². The van der Waals surface area contributed by atoms with Gasteiger partial charge in [-0.1, -0.05) is 122 Å². The molecule has 8 aromatic rings. The summed E-state index contributed by atoms with van der Waals surface area (Å²) >= 11 is 1.91. The van der Waals surface area contributed by atoms with Gasteiger partial charge in [0.1, 0.15) is 6.17 Å². The summed E-state index contributed by atoms with van der Waals surface area (Å²) in [6, 6.07) is 46.4. The van der Waals surface area contributed by atoms with E-state index in [2.05, 4.69) is 182 Å². The van der Waals surface area contributed by atoms with Crippen LogP contribution in [0.3, 0.4) is 0 Å². The van der Waals surface area contributed by atoms with Gasteiger partial charge in [-0.2, -0.15) is 0 Å². The lowest BCUT2D eigenvalue weighted by Gasteiger charge is -2.31. The van der Waals surface area contributed by atoms with Crippen LogP contribution in [0.25, 0.3) is 64.1 Å². The monoisotopic (exact) mass is 665 g/mol. The predicted octanol–water partition coefficient (Wildman–Crippen LogP) is 12.6. The van der Waals surface area contributed by atoms with Crippen LogP contribution in [0, 0.1) is 5.92 Å².